The highest BCUT2D eigenvalue weighted by Gasteiger charge is 2.14. The van der Waals surface area contributed by atoms with E-state index in [-0.39, 0.29) is 10.8 Å². The van der Waals surface area contributed by atoms with Crippen molar-refractivity contribution in [3.8, 4) is 0 Å². The summed E-state index contributed by atoms with van der Waals surface area (Å²) in [5, 5.41) is 4.08. The molecule has 2 aromatic carbocycles. The number of pyridine rings is 1. The number of nitrogens with one attached hydrogen (secondary N) is 1. The summed E-state index contributed by atoms with van der Waals surface area (Å²) >= 11 is 1.22. The minimum atomic E-state index is -3.29. The number of para-hydroxylation sites is 1. The van der Waals surface area contributed by atoms with Gasteiger partial charge in [-0.1, -0.05) is 35.6 Å². The van der Waals surface area contributed by atoms with Crippen LogP contribution in [0.4, 0.5) is 5.13 Å². The summed E-state index contributed by atoms with van der Waals surface area (Å²) in [5.41, 5.74) is 1.66. The maximum atomic E-state index is 12.5. The molecule has 4 rings (SSSR count). The van der Waals surface area contributed by atoms with Crippen molar-refractivity contribution in [2.45, 2.75) is 4.90 Å². The Labute approximate surface area is 153 Å². The molecule has 130 valence electrons. The zero-order valence-corrected chi connectivity index (χ0v) is 15.3. The third-order valence-electron chi connectivity index (χ3n) is 3.84. The van der Waals surface area contributed by atoms with E-state index < -0.39 is 9.84 Å². The average Bonchev–Trinajstić information content (AvgIpc) is 3.01. The Kier molecular flexibility index (Phi) is 3.93. The number of thiazole rings is 1. The fraction of sp³-hybridized carbons (Fsp3) is 0.0556. The first-order valence-corrected chi connectivity index (χ1v) is 10.4. The Morgan fingerprint density at radius 1 is 1.00 bits per heavy atom. The molecule has 0 spiro atoms. The lowest BCUT2D eigenvalue weighted by atomic mass is 10.2. The van der Waals surface area contributed by atoms with Crippen molar-refractivity contribution < 1.29 is 13.2 Å². The van der Waals surface area contributed by atoms with Crippen molar-refractivity contribution >= 4 is 53.3 Å². The highest BCUT2D eigenvalue weighted by atomic mass is 32.2. The lowest BCUT2D eigenvalue weighted by Crippen LogP contribution is -2.13. The van der Waals surface area contributed by atoms with Gasteiger partial charge >= 0.3 is 0 Å². The molecule has 0 radical (unpaired) electrons. The zero-order chi connectivity index (χ0) is 18.3. The largest absolute Gasteiger partial charge is 0.296 e. The molecule has 4 aromatic rings. The summed E-state index contributed by atoms with van der Waals surface area (Å²) in [7, 11) is -3.29. The molecule has 0 atom stereocenters. The van der Waals surface area contributed by atoms with Gasteiger partial charge in [0.2, 0.25) is 0 Å². The maximum absolute atomic E-state index is 12.5. The van der Waals surface area contributed by atoms with Crippen molar-refractivity contribution in [1.82, 2.24) is 9.97 Å². The van der Waals surface area contributed by atoms with Crippen molar-refractivity contribution in [3.05, 3.63) is 60.3 Å². The lowest BCUT2D eigenvalue weighted by Gasteiger charge is -2.02. The van der Waals surface area contributed by atoms with Gasteiger partial charge in [0.15, 0.2) is 15.0 Å². The summed E-state index contributed by atoms with van der Waals surface area (Å²) in [6.45, 7) is 0. The van der Waals surface area contributed by atoms with Gasteiger partial charge in [-0.25, -0.2) is 18.4 Å². The summed E-state index contributed by atoms with van der Waals surface area (Å²) in [5.74, 6) is -0.363. The fourth-order valence-corrected chi connectivity index (χ4v) is 4.16. The number of benzene rings is 2. The molecule has 0 aliphatic carbocycles. The lowest BCUT2D eigenvalue weighted by molar-refractivity contribution is 0.102. The average molecular weight is 383 g/mol. The molecular formula is C18H13N3O3S2. The van der Waals surface area contributed by atoms with Gasteiger partial charge in [0.1, 0.15) is 5.69 Å². The van der Waals surface area contributed by atoms with Crippen LogP contribution in [-0.2, 0) is 9.84 Å². The number of sulfone groups is 1. The van der Waals surface area contributed by atoms with E-state index in [1.165, 1.54) is 17.4 Å². The van der Waals surface area contributed by atoms with Gasteiger partial charge in [-0.05, 0) is 30.3 Å². The van der Waals surface area contributed by atoms with Crippen LogP contribution < -0.4 is 5.32 Å². The molecule has 6 nitrogen and oxygen atoms in total. The summed E-state index contributed by atoms with van der Waals surface area (Å²) < 4.78 is 24.0. The molecule has 1 N–H and O–H groups in total. The Bertz CT molecular complexity index is 1260. The van der Waals surface area contributed by atoms with Crippen molar-refractivity contribution in [2.75, 3.05) is 11.6 Å². The summed E-state index contributed by atoms with van der Waals surface area (Å²) in [6.07, 6.45) is 1.16. The van der Waals surface area contributed by atoms with E-state index in [0.717, 1.165) is 17.2 Å². The first-order chi connectivity index (χ1) is 12.4. The Morgan fingerprint density at radius 2 is 1.81 bits per heavy atom. The molecule has 26 heavy (non-hydrogen) atoms. The molecule has 1 amide bonds. The van der Waals surface area contributed by atoms with Crippen molar-refractivity contribution in [2.24, 2.45) is 0 Å². The summed E-state index contributed by atoms with van der Waals surface area (Å²) in [4.78, 5) is 21.4. The van der Waals surface area contributed by atoms with Crippen molar-refractivity contribution in [1.29, 1.82) is 0 Å². The van der Waals surface area contributed by atoms with Gasteiger partial charge in [-0.3, -0.25) is 10.1 Å². The van der Waals surface area contributed by atoms with E-state index in [1.807, 2.05) is 30.3 Å². The number of carbonyl (C=O) groups excluding carboxylic acids is 1. The van der Waals surface area contributed by atoms with Gasteiger partial charge in [0, 0.05) is 11.6 Å². The SMILES string of the molecule is CS(=O)(=O)c1ccc2nc(NC(=O)c3ccc4ccccc4n3)sc2c1. The van der Waals surface area contributed by atoms with Gasteiger partial charge in [-0.15, -0.1) is 0 Å². The number of hydrogen-bond acceptors (Lipinski definition) is 6. The molecule has 2 heterocycles. The second kappa shape index (κ2) is 6.15. The highest BCUT2D eigenvalue weighted by Crippen LogP contribution is 2.28. The van der Waals surface area contributed by atoms with E-state index in [9.17, 15) is 13.2 Å². The van der Waals surface area contributed by atoms with Gasteiger partial charge in [-0.2, -0.15) is 0 Å². The van der Waals surface area contributed by atoms with E-state index in [4.69, 9.17) is 0 Å². The summed E-state index contributed by atoms with van der Waals surface area (Å²) in [6, 6.07) is 15.8. The van der Waals surface area contributed by atoms with E-state index >= 15 is 0 Å². The standard InChI is InChI=1S/C18H13N3O3S2/c1-26(23,24)12-7-9-14-16(10-12)25-18(20-14)21-17(22)15-8-6-11-4-2-3-5-13(11)19-15/h2-10H,1H3,(H,20,21,22). The Balaban J connectivity index is 1.64. The highest BCUT2D eigenvalue weighted by molar-refractivity contribution is 7.90. The maximum Gasteiger partial charge on any atom is 0.276 e. The number of fused-ring (bicyclic) bond motifs is 2. The third-order valence-corrected chi connectivity index (χ3v) is 5.88. The first kappa shape index (κ1) is 16.6. The molecule has 0 aliphatic rings. The van der Waals surface area contributed by atoms with Crippen LogP contribution in [0.1, 0.15) is 10.5 Å². The van der Waals surface area contributed by atoms with E-state index in [1.54, 1.807) is 18.2 Å². The molecule has 0 saturated heterocycles. The molecule has 8 heteroatoms. The number of rotatable bonds is 3. The monoisotopic (exact) mass is 383 g/mol. The second-order valence-corrected chi connectivity index (χ2v) is 8.81. The number of aromatic nitrogens is 2. The molecule has 2 aromatic heterocycles. The molecule has 0 fully saturated rings. The molecule has 0 saturated carbocycles. The van der Waals surface area contributed by atoms with Crippen LogP contribution in [0.25, 0.3) is 21.1 Å². The van der Waals surface area contributed by atoms with Crippen LogP contribution in [0.2, 0.25) is 0 Å². The molecule has 0 bridgehead atoms. The number of hydrogen-bond donors (Lipinski definition) is 1. The predicted octanol–water partition coefficient (Wildman–Crippen LogP) is 3.50. The fourth-order valence-electron chi connectivity index (χ4n) is 2.54. The minimum absolute atomic E-state index is 0.225. The Hall–Kier alpha value is -2.84. The van der Waals surface area contributed by atoms with Crippen molar-refractivity contribution in [3.63, 3.8) is 0 Å². The van der Waals surface area contributed by atoms with E-state index in [0.29, 0.717) is 21.0 Å². The number of carbonyl (C=O) groups is 1. The van der Waals surface area contributed by atoms with Crippen LogP contribution in [-0.4, -0.2) is 30.5 Å². The third kappa shape index (κ3) is 3.16. The Morgan fingerprint density at radius 3 is 2.62 bits per heavy atom. The van der Waals surface area contributed by atoms with Crippen LogP contribution >= 0.6 is 11.3 Å². The van der Waals surface area contributed by atoms with Gasteiger partial charge in [0.25, 0.3) is 5.91 Å². The van der Waals surface area contributed by atoms with Crippen LogP contribution in [0.15, 0.2) is 59.5 Å². The zero-order valence-electron chi connectivity index (χ0n) is 13.6. The smallest absolute Gasteiger partial charge is 0.276 e. The number of nitrogens with zero attached hydrogens (tertiary/aromatic N) is 2. The topological polar surface area (TPSA) is 89.0 Å². The van der Waals surface area contributed by atoms with Crippen LogP contribution in [0, 0.1) is 0 Å². The minimum Gasteiger partial charge on any atom is -0.296 e. The number of anilines is 1. The van der Waals surface area contributed by atoms with Crippen LogP contribution in [0.3, 0.4) is 0 Å². The molecule has 0 aliphatic heterocycles. The quantitative estimate of drug-likeness (QED) is 0.585. The van der Waals surface area contributed by atoms with Gasteiger partial charge < -0.3 is 0 Å². The molecular weight excluding hydrogens is 370 g/mol. The van der Waals surface area contributed by atoms with Gasteiger partial charge in [0.05, 0.1) is 20.6 Å². The van der Waals surface area contributed by atoms with Crippen LogP contribution in [0.5, 0.6) is 0 Å². The van der Waals surface area contributed by atoms with E-state index in [2.05, 4.69) is 15.3 Å². The first-order valence-electron chi connectivity index (χ1n) is 7.68. The predicted molar refractivity (Wildman–Crippen MR) is 102 cm³/mol. The number of amides is 1. The normalized spacial score (nSPS) is 11.7. The molecule has 0 unspecified atom stereocenters. The second-order valence-electron chi connectivity index (χ2n) is 5.76.